The van der Waals surface area contributed by atoms with Gasteiger partial charge < -0.3 is 4.57 Å². The van der Waals surface area contributed by atoms with Crippen molar-refractivity contribution >= 4 is 23.3 Å². The van der Waals surface area contributed by atoms with Crippen molar-refractivity contribution in [2.75, 3.05) is 0 Å². The van der Waals surface area contributed by atoms with Crippen molar-refractivity contribution in [3.8, 4) is 11.8 Å². The first-order valence-electron chi connectivity index (χ1n) is 7.30. The van der Waals surface area contributed by atoms with Gasteiger partial charge in [0, 0.05) is 22.1 Å². The quantitative estimate of drug-likeness (QED) is 0.586. The monoisotopic (exact) mass is 318 g/mol. The van der Waals surface area contributed by atoms with Crippen LogP contribution in [-0.2, 0) is 0 Å². The van der Waals surface area contributed by atoms with Gasteiger partial charge in [-0.15, -0.1) is 0 Å². The summed E-state index contributed by atoms with van der Waals surface area (Å²) in [5.41, 5.74) is 4.64. The van der Waals surface area contributed by atoms with Gasteiger partial charge in [0.25, 0.3) is 0 Å². The number of hydrogen-bond acceptors (Lipinski definition) is 1. The molecule has 0 unspecified atom stereocenters. The molecule has 3 aromatic rings. The molecule has 2 nitrogen and oxygen atoms in total. The van der Waals surface area contributed by atoms with Crippen LogP contribution in [0.5, 0.6) is 0 Å². The molecule has 1 heterocycles. The van der Waals surface area contributed by atoms with Gasteiger partial charge in [0.2, 0.25) is 0 Å². The molecule has 0 radical (unpaired) electrons. The van der Waals surface area contributed by atoms with Gasteiger partial charge in [0.05, 0.1) is 11.6 Å². The highest BCUT2D eigenvalue weighted by atomic mass is 35.5. The normalized spacial score (nSPS) is 11.3. The van der Waals surface area contributed by atoms with Crippen molar-refractivity contribution in [1.82, 2.24) is 4.57 Å². The van der Waals surface area contributed by atoms with E-state index < -0.39 is 0 Å². The third-order valence-corrected chi connectivity index (χ3v) is 3.94. The minimum atomic E-state index is 0.608. The van der Waals surface area contributed by atoms with E-state index in [1.54, 1.807) is 12.1 Å². The first kappa shape index (κ1) is 15.1. The second-order valence-corrected chi connectivity index (χ2v) is 5.68. The Kier molecular flexibility index (Phi) is 4.32. The van der Waals surface area contributed by atoms with Crippen LogP contribution in [0.2, 0.25) is 5.02 Å². The van der Waals surface area contributed by atoms with Gasteiger partial charge in [-0.05, 0) is 55.0 Å². The van der Waals surface area contributed by atoms with Crippen molar-refractivity contribution in [2.45, 2.75) is 6.92 Å². The first-order valence-corrected chi connectivity index (χ1v) is 7.68. The highest BCUT2D eigenvalue weighted by Crippen LogP contribution is 2.23. The van der Waals surface area contributed by atoms with Crippen molar-refractivity contribution in [1.29, 1.82) is 5.26 Å². The van der Waals surface area contributed by atoms with E-state index in [2.05, 4.69) is 35.8 Å². The number of para-hydroxylation sites is 1. The van der Waals surface area contributed by atoms with Gasteiger partial charge in [-0.2, -0.15) is 5.26 Å². The van der Waals surface area contributed by atoms with E-state index in [0.29, 0.717) is 10.6 Å². The van der Waals surface area contributed by atoms with Crippen molar-refractivity contribution in [3.05, 3.63) is 88.7 Å². The van der Waals surface area contributed by atoms with Crippen LogP contribution in [0, 0.1) is 18.3 Å². The van der Waals surface area contributed by atoms with Crippen LogP contribution in [0.3, 0.4) is 0 Å². The lowest BCUT2D eigenvalue weighted by Gasteiger charge is -2.10. The summed E-state index contributed by atoms with van der Waals surface area (Å²) in [6.45, 7) is 2.05. The lowest BCUT2D eigenvalue weighted by atomic mass is 10.1. The maximum absolute atomic E-state index is 9.52. The third kappa shape index (κ3) is 3.21. The Morgan fingerprint density at radius 2 is 1.70 bits per heavy atom. The summed E-state index contributed by atoms with van der Waals surface area (Å²) in [6.07, 6.45) is 1.91. The highest BCUT2D eigenvalue weighted by Gasteiger charge is 2.08. The van der Waals surface area contributed by atoms with Crippen LogP contribution in [0.15, 0.2) is 66.7 Å². The van der Waals surface area contributed by atoms with Crippen LogP contribution in [0.1, 0.15) is 17.0 Å². The van der Waals surface area contributed by atoms with E-state index in [1.807, 2.05) is 42.5 Å². The molecule has 0 amide bonds. The molecule has 0 saturated carbocycles. The fourth-order valence-corrected chi connectivity index (χ4v) is 2.68. The predicted molar refractivity (Wildman–Crippen MR) is 95.4 cm³/mol. The summed E-state index contributed by atoms with van der Waals surface area (Å²) < 4.78 is 2.13. The Bertz CT molecular complexity index is 882. The number of nitrogens with zero attached hydrogens (tertiary/aromatic N) is 2. The Balaban J connectivity index is 2.09. The van der Waals surface area contributed by atoms with Gasteiger partial charge in [0.15, 0.2) is 0 Å². The van der Waals surface area contributed by atoms with Gasteiger partial charge in [-0.1, -0.05) is 41.9 Å². The Hall–Kier alpha value is -2.76. The maximum atomic E-state index is 9.52. The standard InChI is InChI=1S/C20H15ClN2/c1-15-7-12-20(23(15)19-5-3-2-4-6-19)13-17(14-22)16-8-10-18(21)11-9-16/h2-13H,1H3/b17-13-. The van der Waals surface area contributed by atoms with E-state index in [1.165, 1.54) is 0 Å². The molecule has 3 rings (SSSR count). The molecule has 0 aliphatic rings. The predicted octanol–water partition coefficient (Wildman–Crippen LogP) is 5.50. The molecule has 0 spiro atoms. The number of allylic oxidation sites excluding steroid dienone is 1. The molecule has 0 N–H and O–H groups in total. The molecule has 3 heteroatoms. The van der Waals surface area contributed by atoms with Crippen molar-refractivity contribution in [2.24, 2.45) is 0 Å². The summed E-state index contributed by atoms with van der Waals surface area (Å²) in [5, 5.41) is 10.2. The maximum Gasteiger partial charge on any atom is 0.0998 e. The first-order chi connectivity index (χ1) is 11.2. The van der Waals surface area contributed by atoms with Gasteiger partial charge in [-0.3, -0.25) is 0 Å². The highest BCUT2D eigenvalue weighted by molar-refractivity contribution is 6.30. The van der Waals surface area contributed by atoms with Crippen molar-refractivity contribution < 1.29 is 0 Å². The molecule has 1 aromatic heterocycles. The van der Waals surface area contributed by atoms with Crippen LogP contribution in [0.25, 0.3) is 17.3 Å². The average molecular weight is 319 g/mol. The number of halogens is 1. The second kappa shape index (κ2) is 6.56. The van der Waals surface area contributed by atoms with Crippen LogP contribution < -0.4 is 0 Å². The fraction of sp³-hybridized carbons (Fsp3) is 0.0500. The summed E-state index contributed by atoms with van der Waals surface area (Å²) in [5.74, 6) is 0. The molecule has 0 aliphatic heterocycles. The molecule has 23 heavy (non-hydrogen) atoms. The van der Waals surface area contributed by atoms with E-state index >= 15 is 0 Å². The van der Waals surface area contributed by atoms with E-state index in [9.17, 15) is 5.26 Å². The van der Waals surface area contributed by atoms with E-state index in [0.717, 1.165) is 22.6 Å². The minimum Gasteiger partial charge on any atom is -0.314 e. The number of aromatic nitrogens is 1. The van der Waals surface area contributed by atoms with E-state index in [4.69, 9.17) is 11.6 Å². The number of nitriles is 1. The largest absolute Gasteiger partial charge is 0.314 e. The Morgan fingerprint density at radius 1 is 1.00 bits per heavy atom. The zero-order valence-corrected chi connectivity index (χ0v) is 13.5. The van der Waals surface area contributed by atoms with Crippen LogP contribution >= 0.6 is 11.6 Å². The SMILES string of the molecule is Cc1ccc(/C=C(/C#N)c2ccc(Cl)cc2)n1-c1ccccc1. The Morgan fingerprint density at radius 3 is 2.35 bits per heavy atom. The van der Waals surface area contributed by atoms with Gasteiger partial charge >= 0.3 is 0 Å². The molecule has 0 aliphatic carbocycles. The number of hydrogen-bond donors (Lipinski definition) is 0. The van der Waals surface area contributed by atoms with Gasteiger partial charge in [0.1, 0.15) is 0 Å². The molecular formula is C20H15ClN2. The summed E-state index contributed by atoms with van der Waals surface area (Å²) in [4.78, 5) is 0. The zero-order valence-electron chi connectivity index (χ0n) is 12.7. The number of aryl methyl sites for hydroxylation is 1. The summed E-state index contributed by atoms with van der Waals surface area (Å²) in [7, 11) is 0. The molecule has 0 saturated heterocycles. The summed E-state index contributed by atoms with van der Waals surface area (Å²) in [6, 6.07) is 23.8. The van der Waals surface area contributed by atoms with E-state index in [-0.39, 0.29) is 0 Å². The molecule has 0 bridgehead atoms. The minimum absolute atomic E-state index is 0.608. The van der Waals surface area contributed by atoms with Crippen LogP contribution in [0.4, 0.5) is 0 Å². The molecule has 2 aromatic carbocycles. The molecule has 0 fully saturated rings. The topological polar surface area (TPSA) is 28.7 Å². The zero-order chi connectivity index (χ0) is 16.2. The lowest BCUT2D eigenvalue weighted by molar-refractivity contribution is 1.00. The number of benzene rings is 2. The lowest BCUT2D eigenvalue weighted by Crippen LogP contribution is -1.98. The van der Waals surface area contributed by atoms with Crippen LogP contribution in [-0.4, -0.2) is 4.57 Å². The van der Waals surface area contributed by atoms with Gasteiger partial charge in [-0.25, -0.2) is 0 Å². The average Bonchev–Trinajstić information content (AvgIpc) is 2.95. The van der Waals surface area contributed by atoms with Crippen molar-refractivity contribution in [3.63, 3.8) is 0 Å². The summed E-state index contributed by atoms with van der Waals surface area (Å²) >= 11 is 5.92. The molecule has 112 valence electrons. The Labute approximate surface area is 140 Å². The molecular weight excluding hydrogens is 304 g/mol. The fourth-order valence-electron chi connectivity index (χ4n) is 2.56. The second-order valence-electron chi connectivity index (χ2n) is 5.25. The molecule has 0 atom stereocenters. The smallest absolute Gasteiger partial charge is 0.0998 e. The number of rotatable bonds is 3. The third-order valence-electron chi connectivity index (χ3n) is 3.69.